The first-order valence-electron chi connectivity index (χ1n) is 7.17. The normalized spacial score (nSPS) is 15.3. The zero-order valence-corrected chi connectivity index (χ0v) is 12.0. The number of amides is 1. The van der Waals surface area contributed by atoms with E-state index in [1.54, 1.807) is 23.0 Å². The zero-order valence-electron chi connectivity index (χ0n) is 12.0. The van der Waals surface area contributed by atoms with Crippen molar-refractivity contribution >= 4 is 11.9 Å². The molecule has 0 aliphatic heterocycles. The molecule has 0 saturated heterocycles. The average Bonchev–Trinajstić information content (AvgIpc) is 3.16. The molecule has 3 rings (SSSR count). The van der Waals surface area contributed by atoms with Gasteiger partial charge >= 0.3 is 5.97 Å². The van der Waals surface area contributed by atoms with E-state index in [0.717, 1.165) is 5.56 Å². The number of hydrogen-bond acceptors (Lipinski definition) is 3. The van der Waals surface area contributed by atoms with Gasteiger partial charge in [-0.1, -0.05) is 12.1 Å². The van der Waals surface area contributed by atoms with Crippen molar-refractivity contribution in [3.63, 3.8) is 0 Å². The number of carboxylic acid groups (broad SMARTS) is 1. The maximum Gasteiger partial charge on any atom is 0.311 e. The zero-order chi connectivity index (χ0) is 15.6. The third-order valence-corrected chi connectivity index (χ3v) is 4.01. The lowest BCUT2D eigenvalue weighted by Gasteiger charge is -2.11. The molecule has 2 aromatic rings. The van der Waals surface area contributed by atoms with Crippen LogP contribution in [0.4, 0.5) is 0 Å². The summed E-state index contributed by atoms with van der Waals surface area (Å²) in [5.74, 6) is -1.07. The second-order valence-electron chi connectivity index (χ2n) is 5.67. The molecule has 0 radical (unpaired) electrons. The highest BCUT2D eigenvalue weighted by molar-refractivity contribution is 5.94. The summed E-state index contributed by atoms with van der Waals surface area (Å²) < 4.78 is 1.80. The Morgan fingerprint density at radius 3 is 2.55 bits per heavy atom. The van der Waals surface area contributed by atoms with E-state index >= 15 is 0 Å². The van der Waals surface area contributed by atoms with Gasteiger partial charge in [-0.25, -0.2) is 0 Å². The van der Waals surface area contributed by atoms with Crippen LogP contribution >= 0.6 is 0 Å². The Labute approximate surface area is 127 Å². The number of aliphatic carboxylic acids is 1. The third-order valence-electron chi connectivity index (χ3n) is 4.01. The molecule has 0 atom stereocenters. The number of carboxylic acids is 1. The van der Waals surface area contributed by atoms with Crippen LogP contribution in [0.15, 0.2) is 42.7 Å². The highest BCUT2D eigenvalue weighted by atomic mass is 16.4. The minimum atomic E-state index is -0.831. The molecule has 0 unspecified atom stereocenters. The van der Waals surface area contributed by atoms with Crippen LogP contribution in [0.2, 0.25) is 0 Å². The molecule has 1 heterocycles. The second-order valence-corrected chi connectivity index (χ2v) is 5.67. The largest absolute Gasteiger partial charge is 0.481 e. The lowest BCUT2D eigenvalue weighted by atomic mass is 10.1. The van der Waals surface area contributed by atoms with E-state index in [2.05, 4.69) is 10.4 Å². The maximum absolute atomic E-state index is 12.0. The summed E-state index contributed by atoms with van der Waals surface area (Å²) in [6.45, 7) is 0.841. The number of hydrogen-bond donors (Lipinski definition) is 2. The molecule has 2 N–H and O–H groups in total. The first kappa shape index (κ1) is 14.3. The molecule has 1 aliphatic carbocycles. The molecule has 0 bridgehead atoms. The van der Waals surface area contributed by atoms with Crippen molar-refractivity contribution in [1.82, 2.24) is 15.1 Å². The first-order chi connectivity index (χ1) is 10.6. The first-order valence-corrected chi connectivity index (χ1v) is 7.17. The van der Waals surface area contributed by atoms with Crippen LogP contribution in [-0.2, 0) is 11.3 Å². The van der Waals surface area contributed by atoms with Crippen LogP contribution in [0.1, 0.15) is 28.8 Å². The van der Waals surface area contributed by atoms with E-state index in [9.17, 15) is 9.59 Å². The quantitative estimate of drug-likeness (QED) is 0.847. The molecule has 6 nitrogen and oxygen atoms in total. The van der Waals surface area contributed by atoms with E-state index in [-0.39, 0.29) is 12.5 Å². The number of rotatable bonds is 6. The smallest absolute Gasteiger partial charge is 0.311 e. The predicted octanol–water partition coefficient (Wildman–Crippen LogP) is 1.53. The summed E-state index contributed by atoms with van der Waals surface area (Å²) in [7, 11) is 0. The fourth-order valence-corrected chi connectivity index (χ4v) is 2.31. The van der Waals surface area contributed by atoms with Crippen LogP contribution < -0.4 is 5.32 Å². The fraction of sp³-hybridized carbons (Fsp3) is 0.312. The summed E-state index contributed by atoms with van der Waals surface area (Å²) in [5, 5.41) is 15.9. The van der Waals surface area contributed by atoms with Crippen LogP contribution in [0.3, 0.4) is 0 Å². The number of nitrogens with one attached hydrogen (secondary N) is 1. The van der Waals surface area contributed by atoms with Crippen molar-refractivity contribution in [3.05, 3.63) is 53.9 Å². The minimum absolute atomic E-state index is 0.191. The van der Waals surface area contributed by atoms with Crippen molar-refractivity contribution in [2.24, 2.45) is 5.41 Å². The van der Waals surface area contributed by atoms with Gasteiger partial charge in [-0.05, 0) is 36.6 Å². The monoisotopic (exact) mass is 299 g/mol. The van der Waals surface area contributed by atoms with Crippen molar-refractivity contribution in [1.29, 1.82) is 0 Å². The van der Waals surface area contributed by atoms with Crippen molar-refractivity contribution in [2.75, 3.05) is 6.54 Å². The topological polar surface area (TPSA) is 84.2 Å². The number of nitrogens with zero attached hydrogens (tertiary/aromatic N) is 2. The maximum atomic E-state index is 12.0. The Morgan fingerprint density at radius 2 is 2.00 bits per heavy atom. The Kier molecular flexibility index (Phi) is 3.66. The number of aromatic nitrogens is 2. The summed E-state index contributed by atoms with van der Waals surface area (Å²) in [4.78, 5) is 23.1. The van der Waals surface area contributed by atoms with Gasteiger partial charge in [-0.15, -0.1) is 0 Å². The van der Waals surface area contributed by atoms with Gasteiger partial charge in [0, 0.05) is 24.5 Å². The van der Waals surface area contributed by atoms with Crippen molar-refractivity contribution < 1.29 is 14.7 Å². The van der Waals surface area contributed by atoms with Gasteiger partial charge in [0.1, 0.15) is 0 Å². The Balaban J connectivity index is 1.58. The van der Waals surface area contributed by atoms with Crippen LogP contribution in [0.5, 0.6) is 0 Å². The molecular formula is C16H17N3O3. The summed E-state index contributed by atoms with van der Waals surface area (Å²) in [6.07, 6.45) is 4.86. The highest BCUT2D eigenvalue weighted by Crippen LogP contribution is 2.45. The van der Waals surface area contributed by atoms with Gasteiger partial charge in [0.2, 0.25) is 0 Å². The Bertz CT molecular complexity index is 673. The average molecular weight is 299 g/mol. The molecule has 1 fully saturated rings. The molecule has 22 heavy (non-hydrogen) atoms. The number of carbonyl (C=O) groups is 2. The summed E-state index contributed by atoms with van der Waals surface area (Å²) >= 11 is 0. The van der Waals surface area contributed by atoms with E-state index in [4.69, 9.17) is 5.11 Å². The fourth-order valence-electron chi connectivity index (χ4n) is 2.31. The SMILES string of the molecule is O=C(NCC1(C(=O)O)CC1)c1ccc(Cn2cccn2)cc1. The molecule has 1 aromatic carbocycles. The summed E-state index contributed by atoms with van der Waals surface area (Å²) in [5.41, 5.74) is 0.838. The Hall–Kier alpha value is -2.63. The lowest BCUT2D eigenvalue weighted by Crippen LogP contribution is -2.34. The standard InChI is InChI=1S/C16H17N3O3/c20-14(17-11-16(6-7-16)15(21)22)13-4-2-12(3-5-13)10-19-9-1-8-18-19/h1-5,8-9H,6-7,10-11H2,(H,17,20)(H,21,22). The van der Waals surface area contributed by atoms with Crippen molar-refractivity contribution in [2.45, 2.75) is 19.4 Å². The molecule has 1 aromatic heterocycles. The molecule has 114 valence electrons. The van der Waals surface area contributed by atoms with E-state index in [1.807, 2.05) is 24.4 Å². The second kappa shape index (κ2) is 5.63. The van der Waals surface area contributed by atoms with Gasteiger partial charge < -0.3 is 10.4 Å². The van der Waals surface area contributed by atoms with Crippen LogP contribution in [0.25, 0.3) is 0 Å². The number of carbonyl (C=O) groups excluding carboxylic acids is 1. The van der Waals surface area contributed by atoms with Gasteiger partial charge in [0.05, 0.1) is 12.0 Å². The highest BCUT2D eigenvalue weighted by Gasteiger charge is 2.50. The van der Waals surface area contributed by atoms with E-state index in [0.29, 0.717) is 24.9 Å². The molecule has 1 amide bonds. The van der Waals surface area contributed by atoms with Crippen molar-refractivity contribution in [3.8, 4) is 0 Å². The minimum Gasteiger partial charge on any atom is -0.481 e. The molecule has 0 spiro atoms. The van der Waals surface area contributed by atoms with Gasteiger partial charge in [-0.3, -0.25) is 14.3 Å². The summed E-state index contributed by atoms with van der Waals surface area (Å²) in [6, 6.07) is 9.10. The van der Waals surface area contributed by atoms with E-state index < -0.39 is 11.4 Å². The van der Waals surface area contributed by atoms with Crippen LogP contribution in [-0.4, -0.2) is 33.3 Å². The molecular weight excluding hydrogens is 282 g/mol. The lowest BCUT2D eigenvalue weighted by molar-refractivity contribution is -0.143. The van der Waals surface area contributed by atoms with Gasteiger partial charge in [0.15, 0.2) is 0 Å². The number of benzene rings is 1. The van der Waals surface area contributed by atoms with Crippen LogP contribution in [0, 0.1) is 5.41 Å². The third kappa shape index (κ3) is 3.00. The van der Waals surface area contributed by atoms with E-state index in [1.165, 1.54) is 0 Å². The Morgan fingerprint density at radius 1 is 1.27 bits per heavy atom. The predicted molar refractivity (Wildman–Crippen MR) is 79.4 cm³/mol. The molecule has 1 aliphatic rings. The molecule has 1 saturated carbocycles. The molecule has 6 heteroatoms. The van der Waals surface area contributed by atoms with Gasteiger partial charge in [-0.2, -0.15) is 5.10 Å². The van der Waals surface area contributed by atoms with Gasteiger partial charge in [0.25, 0.3) is 5.91 Å².